The predicted octanol–water partition coefficient (Wildman–Crippen LogP) is 3.39. The first-order valence-corrected chi connectivity index (χ1v) is 3.59. The molecule has 0 N–H and O–H groups in total. The smallest absolute Gasteiger partial charge is 0.358 e. The van der Waals surface area contributed by atoms with Crippen LogP contribution in [0.15, 0.2) is 17.2 Å². The molecule has 0 spiro atoms. The molecule has 0 aromatic heterocycles. The van der Waals surface area contributed by atoms with E-state index in [1.807, 2.05) is 6.92 Å². The van der Waals surface area contributed by atoms with Crippen LogP contribution in [0, 0.1) is 21.4 Å². The van der Waals surface area contributed by atoms with Gasteiger partial charge >= 0.3 is 17.4 Å². The van der Waals surface area contributed by atoms with E-state index < -0.39 is 0 Å². The second-order valence-corrected chi connectivity index (χ2v) is 2.66. The summed E-state index contributed by atoms with van der Waals surface area (Å²) in [7, 11) is 0. The SMILES string of the molecule is [Al+3].[CH-]=C(C)C1=CCCCC1.[CH3-].[CH3-]. The van der Waals surface area contributed by atoms with Gasteiger partial charge in [-0.3, -0.25) is 6.58 Å². The van der Waals surface area contributed by atoms with E-state index in [0.717, 1.165) is 5.57 Å². The van der Waals surface area contributed by atoms with Gasteiger partial charge < -0.3 is 14.9 Å². The van der Waals surface area contributed by atoms with Crippen LogP contribution < -0.4 is 0 Å². The van der Waals surface area contributed by atoms with E-state index in [0.29, 0.717) is 0 Å². The van der Waals surface area contributed by atoms with Gasteiger partial charge in [0.15, 0.2) is 0 Å². The molecule has 0 unspecified atom stereocenters. The Balaban J connectivity index is -0.000000270. The first-order chi connectivity index (χ1) is 4.30. The minimum Gasteiger partial charge on any atom is -0.358 e. The molecule has 1 rings (SSSR count). The van der Waals surface area contributed by atoms with Crippen LogP contribution in [0.25, 0.3) is 0 Å². The fourth-order valence-electron chi connectivity index (χ4n) is 1.20. The van der Waals surface area contributed by atoms with Crippen LogP contribution in [0.5, 0.6) is 0 Å². The molecule has 66 valence electrons. The molecule has 0 bridgehead atoms. The van der Waals surface area contributed by atoms with E-state index >= 15 is 0 Å². The Bertz CT molecular complexity index is 145. The Morgan fingerprint density at radius 1 is 1.33 bits per heavy atom. The summed E-state index contributed by atoms with van der Waals surface area (Å²) < 4.78 is 0. The minimum atomic E-state index is 0. The first kappa shape index (κ1) is 17.9. The maximum atomic E-state index is 5.62. The Labute approximate surface area is 88.9 Å². The summed E-state index contributed by atoms with van der Waals surface area (Å²) >= 11 is 0. The Kier molecular flexibility index (Phi) is 13.6. The molecule has 0 nitrogen and oxygen atoms in total. The molecule has 12 heavy (non-hydrogen) atoms. The Hall–Kier alpha value is 0.0125. The van der Waals surface area contributed by atoms with Gasteiger partial charge in [-0.2, -0.15) is 11.6 Å². The van der Waals surface area contributed by atoms with Gasteiger partial charge in [0.25, 0.3) is 0 Å². The number of hydrogen-bond donors (Lipinski definition) is 0. The quantitative estimate of drug-likeness (QED) is 0.426. The third-order valence-electron chi connectivity index (χ3n) is 1.80. The van der Waals surface area contributed by atoms with Gasteiger partial charge in [0.1, 0.15) is 0 Å². The number of hydrogen-bond acceptors (Lipinski definition) is 0. The predicted molar refractivity (Wildman–Crippen MR) is 58.6 cm³/mol. The fraction of sp³-hybridized carbons (Fsp3) is 0.455. The standard InChI is InChI=1S/C9H13.2CH3.Al/c1-8(2)9-6-4-3-5-7-9;;;/h1,6H,3-5,7H2,2H3;2*1H3;/q3*-1;+3. The molecule has 1 aliphatic rings. The van der Waals surface area contributed by atoms with Gasteiger partial charge in [0, 0.05) is 0 Å². The number of allylic oxidation sites excluding steroid dienone is 3. The Morgan fingerprint density at radius 2 is 1.92 bits per heavy atom. The molecule has 1 aliphatic carbocycles. The zero-order valence-electron chi connectivity index (χ0n) is 8.56. The zero-order valence-corrected chi connectivity index (χ0v) is 9.72. The van der Waals surface area contributed by atoms with Crippen LogP contribution in [-0.4, -0.2) is 17.4 Å². The summed E-state index contributed by atoms with van der Waals surface area (Å²) in [6, 6.07) is 0. The van der Waals surface area contributed by atoms with Crippen LogP contribution in [0.4, 0.5) is 0 Å². The van der Waals surface area contributed by atoms with Crippen molar-refractivity contribution in [2.45, 2.75) is 32.6 Å². The molecule has 1 heteroatoms. The molecule has 0 radical (unpaired) electrons. The molecule has 0 heterocycles. The van der Waals surface area contributed by atoms with Crippen LogP contribution >= 0.6 is 0 Å². The molecule has 0 aromatic rings. The zero-order chi connectivity index (χ0) is 6.69. The summed E-state index contributed by atoms with van der Waals surface area (Å²) in [5.41, 5.74) is 2.39. The van der Waals surface area contributed by atoms with E-state index in [9.17, 15) is 0 Å². The molecular weight excluding hydrogens is 159 g/mol. The normalized spacial score (nSPS) is 14.2. The van der Waals surface area contributed by atoms with Crippen molar-refractivity contribution in [1.29, 1.82) is 0 Å². The molecule has 0 saturated heterocycles. The van der Waals surface area contributed by atoms with Gasteiger partial charge in [-0.15, -0.1) is 0 Å². The third-order valence-corrected chi connectivity index (χ3v) is 1.80. The average molecular weight is 178 g/mol. The fourth-order valence-corrected chi connectivity index (χ4v) is 1.20. The largest absolute Gasteiger partial charge is 3.00 e. The Morgan fingerprint density at radius 3 is 2.17 bits per heavy atom. The third kappa shape index (κ3) is 5.64. The molecule has 0 amide bonds. The topological polar surface area (TPSA) is 0 Å². The van der Waals surface area contributed by atoms with Crippen LogP contribution in [0.3, 0.4) is 0 Å². The van der Waals surface area contributed by atoms with Crippen molar-refractivity contribution >= 4 is 17.4 Å². The van der Waals surface area contributed by atoms with E-state index in [4.69, 9.17) is 6.58 Å². The molecule has 0 saturated carbocycles. The maximum absolute atomic E-state index is 5.62. The van der Waals surface area contributed by atoms with Crippen molar-refractivity contribution in [2.75, 3.05) is 0 Å². The van der Waals surface area contributed by atoms with Gasteiger partial charge in [-0.05, 0) is 0 Å². The van der Waals surface area contributed by atoms with E-state index in [1.165, 1.54) is 31.3 Å². The van der Waals surface area contributed by atoms with Crippen molar-refractivity contribution in [3.05, 3.63) is 38.7 Å². The van der Waals surface area contributed by atoms with Crippen molar-refractivity contribution in [3.8, 4) is 0 Å². The minimum absolute atomic E-state index is 0. The first-order valence-electron chi connectivity index (χ1n) is 3.59. The molecular formula is C11H19Al. The molecule has 0 atom stereocenters. The van der Waals surface area contributed by atoms with Gasteiger partial charge in [-0.25, -0.2) is 5.57 Å². The van der Waals surface area contributed by atoms with Crippen LogP contribution in [0.2, 0.25) is 0 Å². The number of rotatable bonds is 1. The summed E-state index contributed by atoms with van der Waals surface area (Å²) in [4.78, 5) is 0. The van der Waals surface area contributed by atoms with Crippen LogP contribution in [-0.2, 0) is 0 Å². The van der Waals surface area contributed by atoms with Crippen molar-refractivity contribution in [1.82, 2.24) is 0 Å². The van der Waals surface area contributed by atoms with Gasteiger partial charge in [0.2, 0.25) is 0 Å². The second kappa shape index (κ2) is 9.10. The summed E-state index contributed by atoms with van der Waals surface area (Å²) in [5.74, 6) is 0. The molecule has 0 aromatic carbocycles. The van der Waals surface area contributed by atoms with E-state index in [-0.39, 0.29) is 32.2 Å². The second-order valence-electron chi connectivity index (χ2n) is 2.66. The maximum Gasteiger partial charge on any atom is 3.00 e. The monoisotopic (exact) mass is 178 g/mol. The van der Waals surface area contributed by atoms with Gasteiger partial charge in [-0.1, -0.05) is 32.6 Å². The van der Waals surface area contributed by atoms with Crippen molar-refractivity contribution in [2.24, 2.45) is 0 Å². The van der Waals surface area contributed by atoms with E-state index in [1.54, 1.807) is 0 Å². The summed E-state index contributed by atoms with van der Waals surface area (Å²) in [6.45, 7) is 7.60. The van der Waals surface area contributed by atoms with Crippen molar-refractivity contribution < 1.29 is 0 Å². The summed E-state index contributed by atoms with van der Waals surface area (Å²) in [6.07, 6.45) is 7.35. The van der Waals surface area contributed by atoms with Crippen molar-refractivity contribution in [3.63, 3.8) is 0 Å². The van der Waals surface area contributed by atoms with E-state index in [2.05, 4.69) is 6.08 Å². The summed E-state index contributed by atoms with van der Waals surface area (Å²) in [5, 5.41) is 0. The van der Waals surface area contributed by atoms with Crippen LogP contribution in [0.1, 0.15) is 32.6 Å². The van der Waals surface area contributed by atoms with Gasteiger partial charge in [0.05, 0.1) is 0 Å². The average Bonchev–Trinajstić information content (AvgIpc) is 1.90. The molecule has 0 aliphatic heterocycles. The molecule has 0 fully saturated rings.